The summed E-state index contributed by atoms with van der Waals surface area (Å²) < 4.78 is 2.45. The lowest BCUT2D eigenvalue weighted by molar-refractivity contribution is 1.19. The molecule has 0 fully saturated rings. The smallest absolute Gasteiger partial charge is 0.160 e. The molecule has 0 saturated heterocycles. The normalized spacial score (nSPS) is 11.6. The summed E-state index contributed by atoms with van der Waals surface area (Å²) in [6.45, 7) is 0. The molecule has 0 bridgehead atoms. The summed E-state index contributed by atoms with van der Waals surface area (Å²) in [5, 5.41) is 9.76. The Balaban J connectivity index is 1.25. The Morgan fingerprint density at radius 1 is 0.327 bits per heavy atom. The predicted molar refractivity (Wildman–Crippen MR) is 231 cm³/mol. The Kier molecular flexibility index (Phi) is 7.17. The van der Waals surface area contributed by atoms with E-state index in [4.69, 9.17) is 9.97 Å². The summed E-state index contributed by atoms with van der Waals surface area (Å²) in [6.07, 6.45) is 0. The average Bonchev–Trinajstić information content (AvgIpc) is 3.62. The lowest BCUT2D eigenvalue weighted by Gasteiger charge is -2.17. The fourth-order valence-corrected chi connectivity index (χ4v) is 8.53. The third kappa shape index (κ3) is 5.05. The minimum absolute atomic E-state index is 0.699. The molecule has 0 atom stereocenters. The van der Waals surface area contributed by atoms with E-state index < -0.39 is 0 Å². The second-order valence-corrected chi connectivity index (χ2v) is 14.1. The minimum atomic E-state index is 0.699. The van der Waals surface area contributed by atoms with Gasteiger partial charge in [-0.05, 0) is 69.1 Å². The maximum absolute atomic E-state index is 5.41. The van der Waals surface area contributed by atoms with Crippen LogP contribution in [0.4, 0.5) is 0 Å². The van der Waals surface area contributed by atoms with E-state index in [1.807, 2.05) is 6.07 Å². The molecule has 11 aromatic rings. The largest absolute Gasteiger partial charge is 0.309 e. The molecule has 3 heteroatoms. The van der Waals surface area contributed by atoms with E-state index in [1.165, 1.54) is 48.7 Å². The van der Waals surface area contributed by atoms with E-state index in [2.05, 4.69) is 199 Å². The van der Waals surface area contributed by atoms with Crippen molar-refractivity contribution in [1.29, 1.82) is 0 Å². The molecule has 256 valence electrons. The molecule has 55 heavy (non-hydrogen) atoms. The number of hydrogen-bond acceptors (Lipinski definition) is 2. The highest BCUT2D eigenvalue weighted by molar-refractivity contribution is 6.37. The van der Waals surface area contributed by atoms with Crippen molar-refractivity contribution < 1.29 is 0 Å². The number of nitrogens with zero attached hydrogens (tertiary/aromatic N) is 3. The summed E-state index contributed by atoms with van der Waals surface area (Å²) in [5.41, 5.74) is 10.8. The van der Waals surface area contributed by atoms with Gasteiger partial charge in [0.05, 0.1) is 22.4 Å². The van der Waals surface area contributed by atoms with Crippen molar-refractivity contribution in [1.82, 2.24) is 14.5 Å². The Bertz CT molecular complexity index is 3240. The zero-order valence-corrected chi connectivity index (χ0v) is 29.9. The molecule has 0 aliphatic heterocycles. The first kappa shape index (κ1) is 31.2. The highest BCUT2D eigenvalue weighted by atomic mass is 15.0. The van der Waals surface area contributed by atoms with E-state index in [0.717, 1.165) is 50.3 Å². The maximum atomic E-state index is 5.41. The van der Waals surface area contributed by atoms with Gasteiger partial charge in [0.25, 0.3) is 0 Å². The quantitative estimate of drug-likeness (QED) is 0.167. The van der Waals surface area contributed by atoms with E-state index >= 15 is 0 Å². The summed E-state index contributed by atoms with van der Waals surface area (Å²) >= 11 is 0. The molecule has 0 unspecified atom stereocenters. The fraction of sp³-hybridized carbons (Fsp3) is 0. The highest BCUT2D eigenvalue weighted by Gasteiger charge is 2.22. The van der Waals surface area contributed by atoms with Gasteiger partial charge >= 0.3 is 0 Å². The van der Waals surface area contributed by atoms with Gasteiger partial charge < -0.3 is 4.57 Å². The minimum Gasteiger partial charge on any atom is -0.309 e. The van der Waals surface area contributed by atoms with Crippen molar-refractivity contribution >= 4 is 54.1 Å². The van der Waals surface area contributed by atoms with Crippen molar-refractivity contribution in [3.63, 3.8) is 0 Å². The van der Waals surface area contributed by atoms with Crippen molar-refractivity contribution in [2.75, 3.05) is 0 Å². The Morgan fingerprint density at radius 3 is 1.65 bits per heavy atom. The van der Waals surface area contributed by atoms with Gasteiger partial charge in [-0.1, -0.05) is 164 Å². The molecule has 0 aliphatic carbocycles. The van der Waals surface area contributed by atoms with Gasteiger partial charge in [-0.3, -0.25) is 0 Å². The van der Waals surface area contributed by atoms with Gasteiger partial charge in [-0.15, -0.1) is 0 Å². The van der Waals surface area contributed by atoms with E-state index in [9.17, 15) is 0 Å². The van der Waals surface area contributed by atoms with Crippen LogP contribution in [-0.2, 0) is 0 Å². The van der Waals surface area contributed by atoms with Gasteiger partial charge in [-0.2, -0.15) is 0 Å². The van der Waals surface area contributed by atoms with Crippen LogP contribution in [0.3, 0.4) is 0 Å². The predicted octanol–water partition coefficient (Wildman–Crippen LogP) is 13.7. The maximum Gasteiger partial charge on any atom is 0.160 e. The van der Waals surface area contributed by atoms with Crippen LogP contribution >= 0.6 is 0 Å². The second-order valence-electron chi connectivity index (χ2n) is 14.1. The van der Waals surface area contributed by atoms with E-state index in [1.54, 1.807) is 0 Å². The van der Waals surface area contributed by atoms with Crippen LogP contribution in [0.1, 0.15) is 0 Å². The molecule has 0 amide bonds. The van der Waals surface area contributed by atoms with Crippen LogP contribution in [0.25, 0.3) is 105 Å². The van der Waals surface area contributed by atoms with Crippen molar-refractivity contribution in [2.45, 2.75) is 0 Å². The zero-order chi connectivity index (χ0) is 36.3. The lowest BCUT2D eigenvalue weighted by Crippen LogP contribution is -1.97. The summed E-state index contributed by atoms with van der Waals surface area (Å²) in [6, 6.07) is 71.4. The molecule has 0 spiro atoms. The first-order chi connectivity index (χ1) is 27.3. The van der Waals surface area contributed by atoms with Gasteiger partial charge in [0.15, 0.2) is 5.82 Å². The number of fused-ring (bicyclic) bond motifs is 10. The van der Waals surface area contributed by atoms with Crippen molar-refractivity contribution in [3.8, 4) is 50.7 Å². The van der Waals surface area contributed by atoms with Gasteiger partial charge in [-0.25, -0.2) is 9.97 Å². The van der Waals surface area contributed by atoms with E-state index in [-0.39, 0.29) is 0 Å². The topological polar surface area (TPSA) is 30.7 Å². The second kappa shape index (κ2) is 12.6. The van der Waals surface area contributed by atoms with Crippen LogP contribution in [0.5, 0.6) is 0 Å². The van der Waals surface area contributed by atoms with Crippen LogP contribution in [0.2, 0.25) is 0 Å². The number of para-hydroxylation sites is 2. The highest BCUT2D eigenvalue weighted by Crippen LogP contribution is 2.47. The molecule has 0 aliphatic rings. The van der Waals surface area contributed by atoms with Gasteiger partial charge in [0.1, 0.15) is 0 Å². The fourth-order valence-electron chi connectivity index (χ4n) is 8.53. The third-order valence-corrected chi connectivity index (χ3v) is 11.0. The monoisotopic (exact) mass is 699 g/mol. The Labute approximate surface area is 318 Å². The number of rotatable bonds is 5. The molecule has 9 aromatic carbocycles. The molecular weight excluding hydrogens is 667 g/mol. The summed E-state index contributed by atoms with van der Waals surface area (Å²) in [4.78, 5) is 10.6. The molecule has 2 aromatic heterocycles. The molecule has 0 N–H and O–H groups in total. The van der Waals surface area contributed by atoms with Crippen LogP contribution in [0.15, 0.2) is 200 Å². The van der Waals surface area contributed by atoms with Gasteiger partial charge in [0.2, 0.25) is 0 Å². The standard InChI is InChI=1S/C52H33N3/c1-4-17-34(18-5-1)36-21-16-22-37(31-36)52-53-46(35-19-6-2-7-20-35)33-47(54-52)44-32-45-40-26-11-13-28-42(40)51-50(49(45)41-27-12-10-25-39(41)44)43-29-14-15-30-48(43)55(51)38-23-8-3-9-24-38/h1-33H. The van der Waals surface area contributed by atoms with E-state index in [0.29, 0.717) is 5.82 Å². The lowest BCUT2D eigenvalue weighted by atomic mass is 9.89. The molecule has 2 heterocycles. The average molecular weight is 700 g/mol. The molecule has 3 nitrogen and oxygen atoms in total. The number of hydrogen-bond donors (Lipinski definition) is 0. The zero-order valence-electron chi connectivity index (χ0n) is 29.9. The molecule has 11 rings (SSSR count). The van der Waals surface area contributed by atoms with Crippen molar-refractivity contribution in [2.24, 2.45) is 0 Å². The first-order valence-electron chi connectivity index (χ1n) is 18.8. The number of benzene rings is 9. The Hall–Kier alpha value is -7.36. The third-order valence-electron chi connectivity index (χ3n) is 11.0. The molecular formula is C52H33N3. The molecule has 0 saturated carbocycles. The van der Waals surface area contributed by atoms with Crippen molar-refractivity contribution in [3.05, 3.63) is 200 Å². The molecule has 0 radical (unpaired) electrons. The SMILES string of the molecule is c1ccc(-c2cccc(-c3nc(-c4ccccc4)cc(-c4cc5c6ccccc6c6c(c7ccccc7n6-c6ccccc6)c5c5ccccc45)n3)c2)cc1. The Morgan fingerprint density at radius 2 is 0.891 bits per heavy atom. The first-order valence-corrected chi connectivity index (χ1v) is 18.8. The van der Waals surface area contributed by atoms with Gasteiger partial charge in [0, 0.05) is 43.9 Å². The number of aromatic nitrogens is 3. The van der Waals surface area contributed by atoms with Crippen LogP contribution in [0, 0.1) is 0 Å². The summed E-state index contributed by atoms with van der Waals surface area (Å²) in [7, 11) is 0. The van der Waals surface area contributed by atoms with Crippen LogP contribution < -0.4 is 0 Å². The van der Waals surface area contributed by atoms with Crippen LogP contribution in [-0.4, -0.2) is 14.5 Å². The summed E-state index contributed by atoms with van der Waals surface area (Å²) in [5.74, 6) is 0.699.